The monoisotopic (exact) mass is 423 g/mol. The summed E-state index contributed by atoms with van der Waals surface area (Å²) in [6.07, 6.45) is 9.93. The number of imidazole rings is 1. The van der Waals surface area contributed by atoms with E-state index >= 15 is 0 Å². The molecular weight excluding hydrogens is 396 g/mol. The molecule has 6 heteroatoms. The number of H-pyrrole nitrogens is 1. The Hall–Kier alpha value is -1.62. The van der Waals surface area contributed by atoms with Gasteiger partial charge in [-0.05, 0) is 36.1 Å². The minimum absolute atomic E-state index is 0. The van der Waals surface area contributed by atoms with Crippen molar-refractivity contribution in [3.63, 3.8) is 0 Å². The Labute approximate surface area is 178 Å². The average molecular weight is 424 g/mol. The van der Waals surface area contributed by atoms with E-state index < -0.39 is 0 Å². The maximum Gasteiger partial charge on any atom is 0.133 e. The first kappa shape index (κ1) is 22.7. The van der Waals surface area contributed by atoms with Crippen LogP contribution in [0, 0.1) is 11.7 Å². The number of aromatic nitrogens is 2. The van der Waals surface area contributed by atoms with Crippen molar-refractivity contribution >= 4 is 35.8 Å². The first-order chi connectivity index (χ1) is 12.8. The molecule has 2 N–H and O–H groups in total. The summed E-state index contributed by atoms with van der Waals surface area (Å²) in [5.41, 5.74) is 4.23. The van der Waals surface area contributed by atoms with Gasteiger partial charge in [-0.1, -0.05) is 56.4 Å². The molecule has 0 radical (unpaired) electrons. The number of fused-ring (bicyclic) bond motifs is 1. The summed E-state index contributed by atoms with van der Waals surface area (Å²) in [4.78, 5) is 7.16. The zero-order valence-electron chi connectivity index (χ0n) is 15.9. The predicted molar refractivity (Wildman–Crippen MR) is 119 cm³/mol. The highest BCUT2D eigenvalue weighted by atomic mass is 35.5. The molecule has 3 nitrogen and oxygen atoms in total. The SMILES string of the molecule is Cl.Cl.Fc1cc2[nH]cnc2cc1-c1ccc(CNCCC2CCCCC2)cc1. The van der Waals surface area contributed by atoms with Crippen LogP contribution in [0.15, 0.2) is 42.7 Å². The van der Waals surface area contributed by atoms with Gasteiger partial charge < -0.3 is 10.3 Å². The number of halogens is 3. The fraction of sp³-hybridized carbons (Fsp3) is 0.409. The molecule has 152 valence electrons. The van der Waals surface area contributed by atoms with Crippen LogP contribution >= 0.6 is 24.8 Å². The number of hydrogen-bond donors (Lipinski definition) is 2. The van der Waals surface area contributed by atoms with Gasteiger partial charge in [0, 0.05) is 18.2 Å². The molecule has 0 saturated heterocycles. The second kappa shape index (κ2) is 10.8. The first-order valence-corrected chi connectivity index (χ1v) is 9.72. The van der Waals surface area contributed by atoms with Crippen molar-refractivity contribution in [2.75, 3.05) is 6.54 Å². The number of hydrogen-bond acceptors (Lipinski definition) is 2. The summed E-state index contributed by atoms with van der Waals surface area (Å²) in [6.45, 7) is 1.95. The van der Waals surface area contributed by atoms with E-state index in [1.165, 1.54) is 50.2 Å². The first-order valence-electron chi connectivity index (χ1n) is 9.72. The third kappa shape index (κ3) is 5.47. The number of nitrogens with one attached hydrogen (secondary N) is 2. The van der Waals surface area contributed by atoms with Crippen LogP contribution in [0.2, 0.25) is 0 Å². The van der Waals surface area contributed by atoms with Gasteiger partial charge in [0.05, 0.1) is 17.4 Å². The fourth-order valence-corrected chi connectivity index (χ4v) is 3.99. The second-order valence-corrected chi connectivity index (χ2v) is 7.42. The third-order valence-electron chi connectivity index (χ3n) is 5.56. The smallest absolute Gasteiger partial charge is 0.133 e. The number of benzene rings is 2. The molecule has 4 rings (SSSR count). The van der Waals surface area contributed by atoms with Gasteiger partial charge >= 0.3 is 0 Å². The quantitative estimate of drug-likeness (QED) is 0.458. The molecule has 0 bridgehead atoms. The molecule has 0 amide bonds. The van der Waals surface area contributed by atoms with Crippen molar-refractivity contribution < 1.29 is 4.39 Å². The van der Waals surface area contributed by atoms with Gasteiger partial charge in [-0.2, -0.15) is 0 Å². The normalized spacial score (nSPS) is 14.5. The molecule has 1 aliphatic rings. The molecule has 1 fully saturated rings. The van der Waals surface area contributed by atoms with Crippen LogP contribution in [0.3, 0.4) is 0 Å². The largest absolute Gasteiger partial charge is 0.345 e. The van der Waals surface area contributed by atoms with Crippen LogP contribution in [0.5, 0.6) is 0 Å². The summed E-state index contributed by atoms with van der Waals surface area (Å²) >= 11 is 0. The average Bonchev–Trinajstić information content (AvgIpc) is 3.13. The Morgan fingerprint density at radius 2 is 1.79 bits per heavy atom. The highest BCUT2D eigenvalue weighted by molar-refractivity contribution is 5.85. The molecule has 0 unspecified atom stereocenters. The maximum atomic E-state index is 14.3. The highest BCUT2D eigenvalue weighted by Crippen LogP contribution is 2.27. The maximum absolute atomic E-state index is 14.3. The van der Waals surface area contributed by atoms with E-state index in [0.29, 0.717) is 5.56 Å². The molecular formula is C22H28Cl2FN3. The van der Waals surface area contributed by atoms with Gasteiger partial charge in [0.25, 0.3) is 0 Å². The van der Waals surface area contributed by atoms with E-state index in [4.69, 9.17) is 0 Å². The molecule has 1 saturated carbocycles. The van der Waals surface area contributed by atoms with Crippen LogP contribution in [0.4, 0.5) is 4.39 Å². The van der Waals surface area contributed by atoms with Crippen LogP contribution in [0.25, 0.3) is 22.2 Å². The van der Waals surface area contributed by atoms with E-state index in [1.54, 1.807) is 12.4 Å². The van der Waals surface area contributed by atoms with E-state index in [1.807, 2.05) is 12.1 Å². The van der Waals surface area contributed by atoms with E-state index in [2.05, 4.69) is 27.4 Å². The lowest BCUT2D eigenvalue weighted by atomic mass is 9.87. The molecule has 0 aliphatic heterocycles. The van der Waals surface area contributed by atoms with Crippen molar-refractivity contribution in [3.05, 3.63) is 54.1 Å². The van der Waals surface area contributed by atoms with Crippen LogP contribution < -0.4 is 5.32 Å². The Kier molecular flexibility index (Phi) is 8.74. The summed E-state index contributed by atoms with van der Waals surface area (Å²) < 4.78 is 14.3. The zero-order chi connectivity index (χ0) is 17.8. The number of rotatable bonds is 6. The standard InChI is InChI=1S/C22H26FN3.2ClH/c23-20-13-22-21(25-15-26-22)12-19(20)18-8-6-17(7-9-18)14-24-11-10-16-4-2-1-3-5-16;;/h6-9,12-13,15-16,24H,1-5,10-11,14H2,(H,25,26);2*1H. The van der Waals surface area contributed by atoms with E-state index in [9.17, 15) is 4.39 Å². The van der Waals surface area contributed by atoms with Gasteiger partial charge in [-0.25, -0.2) is 9.37 Å². The Morgan fingerprint density at radius 3 is 2.54 bits per heavy atom. The van der Waals surface area contributed by atoms with Gasteiger partial charge in [0.2, 0.25) is 0 Å². The van der Waals surface area contributed by atoms with Gasteiger partial charge in [-0.3, -0.25) is 0 Å². The van der Waals surface area contributed by atoms with E-state index in [0.717, 1.165) is 35.6 Å². The Bertz CT molecular complexity index is 858. The summed E-state index contributed by atoms with van der Waals surface area (Å²) in [5, 5.41) is 3.55. The van der Waals surface area contributed by atoms with Gasteiger partial charge in [-0.15, -0.1) is 24.8 Å². The number of nitrogens with zero attached hydrogens (tertiary/aromatic N) is 1. The van der Waals surface area contributed by atoms with Crippen molar-refractivity contribution in [2.45, 2.75) is 45.1 Å². The van der Waals surface area contributed by atoms with E-state index in [-0.39, 0.29) is 30.6 Å². The lowest BCUT2D eigenvalue weighted by molar-refractivity contribution is 0.334. The summed E-state index contributed by atoms with van der Waals surface area (Å²) in [5.74, 6) is 0.693. The molecule has 2 aromatic carbocycles. The fourth-order valence-electron chi connectivity index (χ4n) is 3.99. The zero-order valence-corrected chi connectivity index (χ0v) is 17.6. The van der Waals surface area contributed by atoms with Crippen LogP contribution in [0.1, 0.15) is 44.1 Å². The lowest BCUT2D eigenvalue weighted by Crippen LogP contribution is -2.19. The van der Waals surface area contributed by atoms with Crippen molar-refractivity contribution in [1.82, 2.24) is 15.3 Å². The predicted octanol–water partition coefficient (Wildman–Crippen LogP) is 6.27. The minimum atomic E-state index is -0.222. The molecule has 1 aromatic heterocycles. The van der Waals surface area contributed by atoms with Gasteiger partial charge in [0.15, 0.2) is 0 Å². The third-order valence-corrected chi connectivity index (χ3v) is 5.56. The van der Waals surface area contributed by atoms with Crippen molar-refractivity contribution in [3.8, 4) is 11.1 Å². The Morgan fingerprint density at radius 1 is 1.04 bits per heavy atom. The second-order valence-electron chi connectivity index (χ2n) is 7.42. The minimum Gasteiger partial charge on any atom is -0.345 e. The summed E-state index contributed by atoms with van der Waals surface area (Å²) in [6, 6.07) is 11.5. The molecule has 0 atom stereocenters. The summed E-state index contributed by atoms with van der Waals surface area (Å²) in [7, 11) is 0. The van der Waals surface area contributed by atoms with Gasteiger partial charge in [0.1, 0.15) is 5.82 Å². The topological polar surface area (TPSA) is 40.7 Å². The van der Waals surface area contributed by atoms with Crippen molar-refractivity contribution in [2.24, 2.45) is 5.92 Å². The molecule has 3 aromatic rings. The van der Waals surface area contributed by atoms with Crippen LogP contribution in [-0.4, -0.2) is 16.5 Å². The molecule has 1 heterocycles. The molecule has 28 heavy (non-hydrogen) atoms. The number of aromatic amines is 1. The Balaban J connectivity index is 0.00000140. The lowest BCUT2D eigenvalue weighted by Gasteiger charge is -2.21. The molecule has 1 aliphatic carbocycles. The van der Waals surface area contributed by atoms with Crippen LogP contribution in [-0.2, 0) is 6.54 Å². The highest BCUT2D eigenvalue weighted by Gasteiger charge is 2.12. The molecule has 0 spiro atoms. The van der Waals surface area contributed by atoms with Crippen molar-refractivity contribution in [1.29, 1.82) is 0 Å².